The summed E-state index contributed by atoms with van der Waals surface area (Å²) in [5.74, 6) is 0.680. The molecule has 0 atom stereocenters. The van der Waals surface area contributed by atoms with Crippen LogP contribution in [0.15, 0.2) is 292 Å². The van der Waals surface area contributed by atoms with Crippen LogP contribution in [-0.4, -0.2) is 24.9 Å². The molecule has 0 unspecified atom stereocenters. The van der Waals surface area contributed by atoms with Crippen LogP contribution in [0.4, 0.5) is 17.1 Å². The van der Waals surface area contributed by atoms with Gasteiger partial charge in [-0.2, -0.15) is 0 Å². The van der Waals surface area contributed by atoms with Crippen LogP contribution in [-0.2, 0) is 12.8 Å². The molecule has 1 aliphatic rings. The molecule has 6 heteroatoms. The molecule has 9 aromatic carbocycles. The van der Waals surface area contributed by atoms with Gasteiger partial charge < -0.3 is 4.90 Å². The zero-order valence-corrected chi connectivity index (χ0v) is 44.3. The smallest absolute Gasteiger partial charge is 0.159 e. The second-order valence-electron chi connectivity index (χ2n) is 20.4. The lowest BCUT2D eigenvalue weighted by Gasteiger charge is -2.29. The molecule has 0 aliphatic carbocycles. The molecule has 8 bridgehead atoms. The lowest BCUT2D eigenvalue weighted by atomic mass is 9.85. The summed E-state index contributed by atoms with van der Waals surface area (Å²) in [4.78, 5) is 27.0. The molecular formula is C75H52N6. The highest BCUT2D eigenvalue weighted by molar-refractivity contribution is 5.99. The molecule has 14 rings (SSSR count). The third-order valence-electron chi connectivity index (χ3n) is 15.3. The first-order valence-corrected chi connectivity index (χ1v) is 27.5. The Labute approximate surface area is 472 Å². The van der Waals surface area contributed by atoms with Gasteiger partial charge in [0.25, 0.3) is 0 Å². The number of fused-ring (bicyclic) bond motifs is 10. The highest BCUT2D eigenvalue weighted by Gasteiger charge is 2.23. The van der Waals surface area contributed by atoms with Crippen molar-refractivity contribution in [3.8, 4) is 112 Å². The van der Waals surface area contributed by atoms with Gasteiger partial charge in [-0.1, -0.05) is 182 Å². The van der Waals surface area contributed by atoms with Crippen molar-refractivity contribution in [3.63, 3.8) is 0 Å². The lowest BCUT2D eigenvalue weighted by Crippen LogP contribution is -2.12. The highest BCUT2D eigenvalue weighted by atomic mass is 15.1. The summed E-state index contributed by atoms with van der Waals surface area (Å²) in [5.41, 5.74) is 25.3. The van der Waals surface area contributed by atoms with E-state index in [0.717, 1.165) is 147 Å². The third-order valence-corrected chi connectivity index (χ3v) is 15.3. The van der Waals surface area contributed by atoms with E-state index in [1.807, 2.05) is 48.9 Å². The first-order chi connectivity index (χ1) is 40.1. The van der Waals surface area contributed by atoms with Gasteiger partial charge in [-0.25, -0.2) is 9.97 Å². The molecule has 0 spiro atoms. The monoisotopic (exact) mass is 1040 g/mol. The number of nitrogens with zero attached hydrogens (tertiary/aromatic N) is 6. The summed E-state index contributed by atoms with van der Waals surface area (Å²) in [7, 11) is 0. The fourth-order valence-electron chi connectivity index (χ4n) is 11.3. The Balaban J connectivity index is 0.979. The maximum Gasteiger partial charge on any atom is 0.159 e. The van der Waals surface area contributed by atoms with E-state index in [1.54, 1.807) is 0 Å². The molecule has 6 nitrogen and oxygen atoms in total. The molecule has 0 saturated carbocycles. The van der Waals surface area contributed by atoms with E-state index in [9.17, 15) is 0 Å². The van der Waals surface area contributed by atoms with Crippen molar-refractivity contribution in [2.75, 3.05) is 4.90 Å². The van der Waals surface area contributed by atoms with Gasteiger partial charge in [0, 0.05) is 69.2 Å². The summed E-state index contributed by atoms with van der Waals surface area (Å²) in [5, 5.41) is 0. The van der Waals surface area contributed by atoms with Crippen molar-refractivity contribution in [3.05, 3.63) is 303 Å². The average Bonchev–Trinajstić information content (AvgIpc) is 3.77. The molecule has 382 valence electrons. The molecule has 0 radical (unpaired) electrons. The quantitative estimate of drug-likeness (QED) is 0.143. The van der Waals surface area contributed by atoms with Crippen molar-refractivity contribution in [2.45, 2.75) is 12.8 Å². The Morgan fingerprint density at radius 3 is 1.30 bits per heavy atom. The van der Waals surface area contributed by atoms with E-state index in [4.69, 9.17) is 15.0 Å². The van der Waals surface area contributed by atoms with Gasteiger partial charge >= 0.3 is 0 Å². The van der Waals surface area contributed by atoms with Crippen LogP contribution < -0.4 is 4.90 Å². The Morgan fingerprint density at radius 1 is 0.247 bits per heavy atom. The second-order valence-corrected chi connectivity index (χ2v) is 20.4. The Kier molecular flexibility index (Phi) is 13.0. The van der Waals surface area contributed by atoms with Gasteiger partial charge in [0.1, 0.15) is 0 Å². The van der Waals surface area contributed by atoms with Crippen molar-refractivity contribution in [2.24, 2.45) is 0 Å². The van der Waals surface area contributed by atoms with Gasteiger partial charge in [0.05, 0.1) is 22.8 Å². The van der Waals surface area contributed by atoms with E-state index in [2.05, 4.69) is 258 Å². The number of hydrogen-bond acceptors (Lipinski definition) is 6. The number of pyridine rings is 3. The molecule has 81 heavy (non-hydrogen) atoms. The van der Waals surface area contributed by atoms with E-state index in [-0.39, 0.29) is 0 Å². The molecule has 5 heterocycles. The fourth-order valence-corrected chi connectivity index (χ4v) is 11.3. The topological polar surface area (TPSA) is 67.7 Å². The van der Waals surface area contributed by atoms with Gasteiger partial charge in [-0.05, 0) is 165 Å². The van der Waals surface area contributed by atoms with Crippen molar-refractivity contribution in [1.82, 2.24) is 24.9 Å². The zero-order valence-electron chi connectivity index (χ0n) is 44.3. The second kappa shape index (κ2) is 21.6. The standard InChI is InChI=1S/C75H52N6/c1-2-18-62(19-3-1)81-63-20-14-16-55(49-63)73-29-15-17-60(79-73)39-40-61-42-45-78-75(80-61)56-38-41-70(74(81)50-56)69-26-9-8-25-68(69)59-47-57(66-23-6-4-21-64(66)51-30-34-53(35-31-51)71-27-10-12-43-76-71)46-58(48-59)67-24-7-5-22-65(67)52-32-36-54(37-33-52)72-28-11-13-44-77-72/h1-38,41-50H,39-40H2. The molecule has 1 aliphatic heterocycles. The first-order valence-electron chi connectivity index (χ1n) is 27.5. The number of anilines is 3. The van der Waals surface area contributed by atoms with Crippen molar-refractivity contribution < 1.29 is 0 Å². The van der Waals surface area contributed by atoms with Gasteiger partial charge in [0.2, 0.25) is 0 Å². The van der Waals surface area contributed by atoms with E-state index in [0.29, 0.717) is 5.82 Å². The summed E-state index contributed by atoms with van der Waals surface area (Å²) < 4.78 is 0. The predicted octanol–water partition coefficient (Wildman–Crippen LogP) is 18.9. The zero-order chi connectivity index (χ0) is 53.9. The Morgan fingerprint density at radius 2 is 0.716 bits per heavy atom. The van der Waals surface area contributed by atoms with E-state index in [1.165, 1.54) is 0 Å². The first kappa shape index (κ1) is 48.7. The SMILES string of the molecule is c1ccc(N2c3cccc(c3)-c3cccc(n3)CCc3ccnc(n3)-c3ccc(-c4ccccc4-c4cc(-c5ccccc5-c5ccc(-c6ccccn6)cc5)cc(-c5ccccc5-c5ccc(-c6ccccn6)cc5)c4)c2c3)cc1. The van der Waals surface area contributed by atoms with Gasteiger partial charge in [-0.3, -0.25) is 15.0 Å². The summed E-state index contributed by atoms with van der Waals surface area (Å²) in [6.07, 6.45) is 7.08. The normalized spacial score (nSPS) is 11.8. The van der Waals surface area contributed by atoms with Crippen LogP contribution in [0.5, 0.6) is 0 Å². The largest absolute Gasteiger partial charge is 0.310 e. The van der Waals surface area contributed by atoms with Gasteiger partial charge in [-0.15, -0.1) is 0 Å². The minimum absolute atomic E-state index is 0.680. The maximum absolute atomic E-state index is 5.20. The Hall–Kier alpha value is -10.7. The number of benzene rings is 9. The van der Waals surface area contributed by atoms with Gasteiger partial charge in [0.15, 0.2) is 5.82 Å². The van der Waals surface area contributed by atoms with Crippen LogP contribution in [0.2, 0.25) is 0 Å². The van der Waals surface area contributed by atoms with Crippen molar-refractivity contribution >= 4 is 17.1 Å². The number of hydrogen-bond donors (Lipinski definition) is 0. The van der Waals surface area contributed by atoms with Crippen LogP contribution in [0.25, 0.3) is 112 Å². The minimum atomic E-state index is 0.680. The fraction of sp³-hybridized carbons (Fsp3) is 0.0267. The maximum atomic E-state index is 5.20. The van der Waals surface area contributed by atoms with Crippen LogP contribution in [0.1, 0.15) is 11.4 Å². The molecule has 0 amide bonds. The predicted molar refractivity (Wildman–Crippen MR) is 332 cm³/mol. The molecule has 4 aromatic heterocycles. The summed E-state index contributed by atoms with van der Waals surface area (Å²) >= 11 is 0. The molecule has 0 saturated heterocycles. The lowest BCUT2D eigenvalue weighted by molar-refractivity contribution is 0.875. The number of rotatable bonds is 9. The Bertz CT molecular complexity index is 4240. The molecule has 0 N–H and O–H groups in total. The highest BCUT2D eigenvalue weighted by Crippen LogP contribution is 2.48. The average molecular weight is 1040 g/mol. The number of para-hydroxylation sites is 1. The van der Waals surface area contributed by atoms with Crippen molar-refractivity contribution in [1.29, 1.82) is 0 Å². The number of aryl methyl sites for hydroxylation is 2. The van der Waals surface area contributed by atoms with Crippen LogP contribution >= 0.6 is 0 Å². The third kappa shape index (κ3) is 9.88. The van der Waals surface area contributed by atoms with E-state index < -0.39 is 0 Å². The molecular weight excluding hydrogens is 985 g/mol. The van der Waals surface area contributed by atoms with Crippen LogP contribution in [0, 0.1) is 0 Å². The van der Waals surface area contributed by atoms with Crippen LogP contribution in [0.3, 0.4) is 0 Å². The number of aromatic nitrogens is 5. The summed E-state index contributed by atoms with van der Waals surface area (Å²) in [6, 6.07) is 97.7. The summed E-state index contributed by atoms with van der Waals surface area (Å²) in [6.45, 7) is 0. The molecule has 0 fully saturated rings. The molecule has 13 aromatic rings. The minimum Gasteiger partial charge on any atom is -0.310 e. The van der Waals surface area contributed by atoms with E-state index >= 15 is 0 Å².